The fourth-order valence-corrected chi connectivity index (χ4v) is 2.74. The maximum atomic E-state index is 12.8. The van der Waals surface area contributed by atoms with Crippen molar-refractivity contribution in [3.8, 4) is 0 Å². The zero-order chi connectivity index (χ0) is 13.1. The molecule has 1 unspecified atom stereocenters. The van der Waals surface area contributed by atoms with E-state index in [4.69, 9.17) is 5.73 Å². The van der Waals surface area contributed by atoms with E-state index in [-0.39, 0.29) is 35.9 Å². The standard InChI is InChI=1S/C12H13FN2O2S.ClH/c13-8-1-3-9(4-2-8)15-11(16)7-10(12(15)17)18-6-5-14;/h1-4,10H,5-7,14H2;1H. The number of benzene rings is 1. The van der Waals surface area contributed by atoms with Crippen LogP contribution in [0.25, 0.3) is 0 Å². The highest BCUT2D eigenvalue weighted by Gasteiger charge is 2.39. The van der Waals surface area contributed by atoms with Crippen molar-refractivity contribution >= 4 is 41.7 Å². The SMILES string of the molecule is Cl.NCCSC1CC(=O)N(c2ccc(F)cc2)C1=O. The summed E-state index contributed by atoms with van der Waals surface area (Å²) < 4.78 is 12.8. The molecule has 1 saturated heterocycles. The van der Waals surface area contributed by atoms with Gasteiger partial charge in [0.25, 0.3) is 0 Å². The first-order valence-electron chi connectivity index (χ1n) is 5.57. The summed E-state index contributed by atoms with van der Waals surface area (Å²) in [5.41, 5.74) is 5.80. The van der Waals surface area contributed by atoms with Gasteiger partial charge in [0.15, 0.2) is 0 Å². The molecular formula is C12H14ClFN2O2S. The molecule has 1 fully saturated rings. The third-order valence-corrected chi connectivity index (χ3v) is 3.87. The van der Waals surface area contributed by atoms with Crippen molar-refractivity contribution in [2.75, 3.05) is 17.2 Å². The molecule has 0 bridgehead atoms. The van der Waals surface area contributed by atoms with E-state index in [2.05, 4.69) is 0 Å². The van der Waals surface area contributed by atoms with Crippen LogP contribution in [0.5, 0.6) is 0 Å². The first-order valence-corrected chi connectivity index (χ1v) is 6.62. The van der Waals surface area contributed by atoms with Crippen LogP contribution in [-0.4, -0.2) is 29.4 Å². The van der Waals surface area contributed by atoms with Crippen molar-refractivity contribution in [1.29, 1.82) is 0 Å². The Morgan fingerprint density at radius 3 is 2.53 bits per heavy atom. The van der Waals surface area contributed by atoms with E-state index in [0.29, 0.717) is 18.0 Å². The third-order valence-electron chi connectivity index (χ3n) is 2.63. The van der Waals surface area contributed by atoms with Crippen molar-refractivity contribution in [1.82, 2.24) is 0 Å². The minimum atomic E-state index is -0.396. The molecule has 0 spiro atoms. The van der Waals surface area contributed by atoms with Crippen molar-refractivity contribution in [3.05, 3.63) is 30.1 Å². The highest BCUT2D eigenvalue weighted by molar-refractivity contribution is 8.00. The summed E-state index contributed by atoms with van der Waals surface area (Å²) in [7, 11) is 0. The fraction of sp³-hybridized carbons (Fsp3) is 0.333. The molecule has 1 atom stereocenters. The van der Waals surface area contributed by atoms with E-state index < -0.39 is 5.82 Å². The second-order valence-electron chi connectivity index (χ2n) is 3.90. The molecular weight excluding hydrogens is 291 g/mol. The molecule has 2 N–H and O–H groups in total. The summed E-state index contributed by atoms with van der Waals surface area (Å²) in [6, 6.07) is 5.33. The van der Waals surface area contributed by atoms with E-state index in [0.717, 1.165) is 4.90 Å². The molecule has 2 rings (SSSR count). The minimum absolute atomic E-state index is 0. The molecule has 1 aromatic carbocycles. The number of carbonyl (C=O) groups excluding carboxylic acids is 2. The summed E-state index contributed by atoms with van der Waals surface area (Å²) >= 11 is 1.39. The predicted octanol–water partition coefficient (Wildman–Crippen LogP) is 1.57. The van der Waals surface area contributed by atoms with Crippen molar-refractivity contribution in [2.24, 2.45) is 5.73 Å². The molecule has 1 aliphatic heterocycles. The van der Waals surface area contributed by atoms with E-state index in [9.17, 15) is 14.0 Å². The smallest absolute Gasteiger partial charge is 0.247 e. The fourth-order valence-electron chi connectivity index (χ4n) is 1.81. The second-order valence-corrected chi connectivity index (χ2v) is 5.21. The number of anilines is 1. The normalized spacial score (nSPS) is 18.6. The first-order chi connectivity index (χ1) is 8.63. The zero-order valence-electron chi connectivity index (χ0n) is 10.0. The molecule has 1 aliphatic rings. The van der Waals surface area contributed by atoms with Crippen LogP contribution in [0.15, 0.2) is 24.3 Å². The summed E-state index contributed by atoms with van der Waals surface area (Å²) in [5.74, 6) is -0.251. The second kappa shape index (κ2) is 6.88. The van der Waals surface area contributed by atoms with Crippen LogP contribution < -0.4 is 10.6 Å². The molecule has 2 amide bonds. The average molecular weight is 305 g/mol. The Hall–Kier alpha value is -1.11. The Kier molecular flexibility index (Phi) is 5.78. The van der Waals surface area contributed by atoms with Gasteiger partial charge in [-0.05, 0) is 24.3 Å². The molecule has 0 aromatic heterocycles. The Balaban J connectivity index is 0.00000180. The summed E-state index contributed by atoms with van der Waals surface area (Å²) in [6.45, 7) is 0.471. The molecule has 0 radical (unpaired) electrons. The number of hydrogen-bond donors (Lipinski definition) is 1. The largest absolute Gasteiger partial charge is 0.330 e. The van der Waals surface area contributed by atoms with Gasteiger partial charge in [0, 0.05) is 18.7 Å². The number of imide groups is 1. The van der Waals surface area contributed by atoms with Crippen molar-refractivity contribution < 1.29 is 14.0 Å². The van der Waals surface area contributed by atoms with Gasteiger partial charge in [0.1, 0.15) is 5.82 Å². The van der Waals surface area contributed by atoms with Crippen LogP contribution in [0.2, 0.25) is 0 Å². The average Bonchev–Trinajstić information content (AvgIpc) is 2.63. The predicted molar refractivity (Wildman–Crippen MR) is 76.1 cm³/mol. The van der Waals surface area contributed by atoms with Crippen LogP contribution in [-0.2, 0) is 9.59 Å². The van der Waals surface area contributed by atoms with Crippen LogP contribution in [0.4, 0.5) is 10.1 Å². The van der Waals surface area contributed by atoms with Gasteiger partial charge in [-0.25, -0.2) is 9.29 Å². The minimum Gasteiger partial charge on any atom is -0.330 e. The number of rotatable bonds is 4. The first kappa shape index (κ1) is 15.9. The molecule has 7 heteroatoms. The Labute approximate surface area is 120 Å². The number of carbonyl (C=O) groups is 2. The maximum absolute atomic E-state index is 12.8. The summed E-state index contributed by atoms with van der Waals surface area (Å²) in [6.07, 6.45) is 0.181. The molecule has 1 heterocycles. The molecule has 0 saturated carbocycles. The van der Waals surface area contributed by atoms with Gasteiger partial charge >= 0.3 is 0 Å². The number of nitrogens with two attached hydrogens (primary N) is 1. The van der Waals surface area contributed by atoms with Gasteiger partial charge in [-0.3, -0.25) is 9.59 Å². The van der Waals surface area contributed by atoms with Crippen LogP contribution >= 0.6 is 24.2 Å². The van der Waals surface area contributed by atoms with Gasteiger partial charge in [0.05, 0.1) is 10.9 Å². The van der Waals surface area contributed by atoms with E-state index >= 15 is 0 Å². The number of thioether (sulfide) groups is 1. The van der Waals surface area contributed by atoms with Crippen LogP contribution in [0.3, 0.4) is 0 Å². The zero-order valence-corrected chi connectivity index (χ0v) is 11.7. The topological polar surface area (TPSA) is 63.4 Å². The number of halogens is 2. The lowest BCUT2D eigenvalue weighted by molar-refractivity contribution is -0.121. The lowest BCUT2D eigenvalue weighted by atomic mass is 10.3. The Morgan fingerprint density at radius 1 is 1.32 bits per heavy atom. The molecule has 0 aliphatic carbocycles. The van der Waals surface area contributed by atoms with E-state index in [1.165, 1.54) is 36.0 Å². The van der Waals surface area contributed by atoms with Crippen LogP contribution in [0, 0.1) is 5.82 Å². The lowest BCUT2D eigenvalue weighted by Gasteiger charge is -2.14. The highest BCUT2D eigenvalue weighted by atomic mass is 35.5. The molecule has 4 nitrogen and oxygen atoms in total. The van der Waals surface area contributed by atoms with Gasteiger partial charge in [-0.15, -0.1) is 24.2 Å². The van der Waals surface area contributed by atoms with Crippen molar-refractivity contribution in [3.63, 3.8) is 0 Å². The Bertz CT molecular complexity index is 469. The summed E-state index contributed by atoms with van der Waals surface area (Å²) in [5, 5.41) is -0.369. The number of amides is 2. The number of nitrogens with zero attached hydrogens (tertiary/aromatic N) is 1. The molecule has 1 aromatic rings. The van der Waals surface area contributed by atoms with Gasteiger partial charge in [-0.1, -0.05) is 0 Å². The van der Waals surface area contributed by atoms with Crippen molar-refractivity contribution in [2.45, 2.75) is 11.7 Å². The van der Waals surface area contributed by atoms with Gasteiger partial charge < -0.3 is 5.73 Å². The third kappa shape index (κ3) is 3.46. The molecule has 19 heavy (non-hydrogen) atoms. The van der Waals surface area contributed by atoms with E-state index in [1.807, 2.05) is 0 Å². The monoisotopic (exact) mass is 304 g/mol. The van der Waals surface area contributed by atoms with Crippen LogP contribution in [0.1, 0.15) is 6.42 Å². The highest BCUT2D eigenvalue weighted by Crippen LogP contribution is 2.29. The Morgan fingerprint density at radius 2 is 1.95 bits per heavy atom. The maximum Gasteiger partial charge on any atom is 0.247 e. The number of hydrogen-bond acceptors (Lipinski definition) is 4. The molecule has 104 valence electrons. The lowest BCUT2D eigenvalue weighted by Crippen LogP contribution is -2.31. The van der Waals surface area contributed by atoms with Gasteiger partial charge in [-0.2, -0.15) is 0 Å². The van der Waals surface area contributed by atoms with Gasteiger partial charge in [0.2, 0.25) is 11.8 Å². The quantitative estimate of drug-likeness (QED) is 0.858. The summed E-state index contributed by atoms with van der Waals surface area (Å²) in [4.78, 5) is 25.0. The van der Waals surface area contributed by atoms with E-state index in [1.54, 1.807) is 0 Å².